The van der Waals surface area contributed by atoms with Gasteiger partial charge < -0.3 is 9.67 Å². The SMILES string of the molecule is O=c1nc2n(c3c1-c1ccccc1CC31CCCC1)CC(O)CS2. The van der Waals surface area contributed by atoms with E-state index in [0.29, 0.717) is 12.3 Å². The zero-order valence-electron chi connectivity index (χ0n) is 13.5. The van der Waals surface area contributed by atoms with Gasteiger partial charge in [-0.15, -0.1) is 0 Å². The largest absolute Gasteiger partial charge is 0.390 e. The molecule has 0 bridgehead atoms. The van der Waals surface area contributed by atoms with Crippen LogP contribution in [0.1, 0.15) is 36.9 Å². The Hall–Kier alpha value is -1.59. The molecule has 1 unspecified atom stereocenters. The van der Waals surface area contributed by atoms with E-state index >= 15 is 0 Å². The number of thioether (sulfide) groups is 1. The van der Waals surface area contributed by atoms with Gasteiger partial charge in [0.05, 0.1) is 18.2 Å². The zero-order chi connectivity index (χ0) is 16.3. The Morgan fingerprint density at radius 1 is 1.25 bits per heavy atom. The zero-order valence-corrected chi connectivity index (χ0v) is 14.3. The number of fused-ring (bicyclic) bond motifs is 6. The summed E-state index contributed by atoms with van der Waals surface area (Å²) in [5.41, 5.74) is 4.20. The van der Waals surface area contributed by atoms with Gasteiger partial charge in [-0.25, -0.2) is 0 Å². The number of rotatable bonds is 0. The minimum Gasteiger partial charge on any atom is -0.390 e. The molecule has 2 aliphatic carbocycles. The number of aliphatic hydroxyl groups excluding tert-OH is 1. The Morgan fingerprint density at radius 2 is 2.04 bits per heavy atom. The van der Waals surface area contributed by atoms with Crippen molar-refractivity contribution in [3.05, 3.63) is 45.9 Å². The Kier molecular flexibility index (Phi) is 3.19. The van der Waals surface area contributed by atoms with Crippen LogP contribution in [0.4, 0.5) is 0 Å². The lowest BCUT2D eigenvalue weighted by Crippen LogP contribution is -2.40. The molecule has 124 valence electrons. The summed E-state index contributed by atoms with van der Waals surface area (Å²) in [7, 11) is 0. The number of hydrogen-bond donors (Lipinski definition) is 1. The van der Waals surface area contributed by atoms with E-state index in [1.54, 1.807) is 0 Å². The van der Waals surface area contributed by atoms with Gasteiger partial charge in [-0.3, -0.25) is 4.79 Å². The maximum Gasteiger partial charge on any atom is 0.281 e. The van der Waals surface area contributed by atoms with Gasteiger partial charge >= 0.3 is 0 Å². The molecule has 0 amide bonds. The Balaban J connectivity index is 1.87. The normalized spacial score (nSPS) is 23.6. The lowest BCUT2D eigenvalue weighted by atomic mass is 9.69. The summed E-state index contributed by atoms with van der Waals surface area (Å²) in [6, 6.07) is 8.28. The van der Waals surface area contributed by atoms with Crippen molar-refractivity contribution in [2.45, 2.75) is 55.3 Å². The molecule has 1 atom stereocenters. The Bertz CT molecular complexity index is 883. The van der Waals surface area contributed by atoms with Crippen molar-refractivity contribution < 1.29 is 5.11 Å². The molecule has 1 saturated carbocycles. The molecule has 2 heterocycles. The predicted octanol–water partition coefficient (Wildman–Crippen LogP) is 2.74. The second-order valence-electron chi connectivity index (χ2n) is 7.32. The van der Waals surface area contributed by atoms with E-state index in [2.05, 4.69) is 27.8 Å². The number of aliphatic hydroxyl groups is 1. The van der Waals surface area contributed by atoms with Crippen molar-refractivity contribution in [2.24, 2.45) is 0 Å². The highest BCUT2D eigenvalue weighted by atomic mass is 32.2. The fourth-order valence-corrected chi connectivity index (χ4v) is 5.79. The fraction of sp³-hybridized carbons (Fsp3) is 0.474. The van der Waals surface area contributed by atoms with E-state index in [0.717, 1.165) is 41.2 Å². The lowest BCUT2D eigenvalue weighted by Gasteiger charge is -2.40. The molecule has 1 aliphatic heterocycles. The molecule has 2 aromatic rings. The molecule has 3 aliphatic rings. The second kappa shape index (κ2) is 5.20. The standard InChI is InChI=1S/C19H20N2O2S/c22-13-10-21-16-15(17(23)20-18(21)24-11-13)14-6-2-1-5-12(14)9-19(16)7-3-4-8-19/h1-2,5-6,13,22H,3-4,7-11H2. The van der Waals surface area contributed by atoms with Gasteiger partial charge in [-0.2, -0.15) is 4.98 Å². The molecule has 24 heavy (non-hydrogen) atoms. The van der Waals surface area contributed by atoms with Crippen molar-refractivity contribution in [2.75, 3.05) is 5.75 Å². The first-order chi connectivity index (χ1) is 11.7. The number of nitrogens with zero attached hydrogens (tertiary/aromatic N) is 2. The summed E-state index contributed by atoms with van der Waals surface area (Å²) in [5.74, 6) is 0.620. The molecule has 1 N–H and O–H groups in total. The molecule has 1 fully saturated rings. The first-order valence-electron chi connectivity index (χ1n) is 8.72. The summed E-state index contributed by atoms with van der Waals surface area (Å²) in [4.78, 5) is 17.3. The van der Waals surface area contributed by atoms with E-state index in [4.69, 9.17) is 0 Å². The van der Waals surface area contributed by atoms with E-state index in [-0.39, 0.29) is 17.1 Å². The van der Waals surface area contributed by atoms with Crippen LogP contribution in [-0.4, -0.2) is 26.5 Å². The highest BCUT2D eigenvalue weighted by molar-refractivity contribution is 7.99. The highest BCUT2D eigenvalue weighted by Gasteiger charge is 2.45. The van der Waals surface area contributed by atoms with Crippen molar-refractivity contribution in [1.29, 1.82) is 0 Å². The van der Waals surface area contributed by atoms with Gasteiger partial charge in [0, 0.05) is 16.9 Å². The van der Waals surface area contributed by atoms with E-state index in [1.165, 1.54) is 30.2 Å². The molecular formula is C19H20N2O2S. The molecule has 0 radical (unpaired) electrons. The third-order valence-corrected chi connectivity index (χ3v) is 6.95. The average molecular weight is 340 g/mol. The van der Waals surface area contributed by atoms with Crippen LogP contribution in [0.3, 0.4) is 0 Å². The second-order valence-corrected chi connectivity index (χ2v) is 8.31. The van der Waals surface area contributed by atoms with E-state index in [1.807, 2.05) is 6.07 Å². The molecule has 1 aromatic carbocycles. The topological polar surface area (TPSA) is 55.1 Å². The van der Waals surface area contributed by atoms with Crippen LogP contribution in [0.25, 0.3) is 11.1 Å². The first-order valence-corrected chi connectivity index (χ1v) is 9.71. The summed E-state index contributed by atoms with van der Waals surface area (Å²) < 4.78 is 2.16. The third kappa shape index (κ3) is 1.97. The summed E-state index contributed by atoms with van der Waals surface area (Å²) >= 11 is 1.51. The quantitative estimate of drug-likeness (QED) is 0.749. The summed E-state index contributed by atoms with van der Waals surface area (Å²) in [6.45, 7) is 0.557. The third-order valence-electron chi connectivity index (χ3n) is 5.83. The monoisotopic (exact) mass is 340 g/mol. The van der Waals surface area contributed by atoms with E-state index < -0.39 is 0 Å². The van der Waals surface area contributed by atoms with Gasteiger partial charge in [0.25, 0.3) is 5.56 Å². The molecule has 4 nitrogen and oxygen atoms in total. The highest BCUT2D eigenvalue weighted by Crippen LogP contribution is 2.51. The van der Waals surface area contributed by atoms with Gasteiger partial charge in [-0.05, 0) is 30.4 Å². The van der Waals surface area contributed by atoms with Crippen molar-refractivity contribution >= 4 is 11.8 Å². The predicted molar refractivity (Wildman–Crippen MR) is 94.5 cm³/mol. The maximum absolute atomic E-state index is 12.9. The van der Waals surface area contributed by atoms with Crippen molar-refractivity contribution in [3.8, 4) is 11.1 Å². The van der Waals surface area contributed by atoms with Gasteiger partial charge in [-0.1, -0.05) is 48.9 Å². The summed E-state index contributed by atoms with van der Waals surface area (Å²) in [5, 5.41) is 11.0. The molecule has 1 spiro atoms. The van der Waals surface area contributed by atoms with Crippen LogP contribution in [0.5, 0.6) is 0 Å². The molecular weight excluding hydrogens is 320 g/mol. The van der Waals surface area contributed by atoms with Crippen LogP contribution in [-0.2, 0) is 18.4 Å². The van der Waals surface area contributed by atoms with E-state index in [9.17, 15) is 9.90 Å². The van der Waals surface area contributed by atoms with Crippen molar-refractivity contribution in [1.82, 2.24) is 9.55 Å². The van der Waals surface area contributed by atoms with Gasteiger partial charge in [0.1, 0.15) is 0 Å². The summed E-state index contributed by atoms with van der Waals surface area (Å²) in [6.07, 6.45) is 5.30. The molecule has 5 heteroatoms. The lowest BCUT2D eigenvalue weighted by molar-refractivity contribution is 0.163. The molecule has 1 aromatic heterocycles. The number of aromatic nitrogens is 2. The minimum atomic E-state index is -0.369. The van der Waals surface area contributed by atoms with Gasteiger partial charge in [0.2, 0.25) is 0 Å². The first kappa shape index (κ1) is 14.7. The van der Waals surface area contributed by atoms with Crippen LogP contribution in [0.2, 0.25) is 0 Å². The van der Waals surface area contributed by atoms with Crippen LogP contribution >= 0.6 is 11.8 Å². The Morgan fingerprint density at radius 3 is 2.88 bits per heavy atom. The van der Waals surface area contributed by atoms with Crippen LogP contribution < -0.4 is 5.56 Å². The number of benzene rings is 1. The van der Waals surface area contributed by atoms with Crippen LogP contribution in [0.15, 0.2) is 34.2 Å². The Labute approximate surface area is 144 Å². The number of hydrogen-bond acceptors (Lipinski definition) is 4. The molecule has 0 saturated heterocycles. The fourth-order valence-electron chi connectivity index (χ4n) is 4.87. The smallest absolute Gasteiger partial charge is 0.281 e. The molecule has 5 rings (SSSR count). The van der Waals surface area contributed by atoms with Gasteiger partial charge in [0.15, 0.2) is 5.16 Å². The average Bonchev–Trinajstić information content (AvgIpc) is 3.04. The van der Waals surface area contributed by atoms with Crippen molar-refractivity contribution in [3.63, 3.8) is 0 Å². The minimum absolute atomic E-state index is 0.0398. The van der Waals surface area contributed by atoms with Crippen LogP contribution in [0, 0.1) is 0 Å². The maximum atomic E-state index is 12.9.